The molecule has 6 heteroatoms. The first-order chi connectivity index (χ1) is 8.22. The third-order valence-corrected chi connectivity index (χ3v) is 3.82. The minimum Gasteiger partial charge on any atom is -0.383 e. The van der Waals surface area contributed by atoms with Crippen LogP contribution in [0.3, 0.4) is 0 Å². The number of thioether (sulfide) groups is 1. The summed E-state index contributed by atoms with van der Waals surface area (Å²) in [5.74, 6) is 2.52. The number of thiocarbonyl (C=S) groups is 1. The second kappa shape index (κ2) is 8.97. The molecule has 1 aliphatic heterocycles. The molecule has 4 nitrogen and oxygen atoms in total. The molecule has 0 aromatic carbocycles. The highest BCUT2D eigenvalue weighted by molar-refractivity contribution is 7.99. The first-order valence-corrected chi connectivity index (χ1v) is 7.62. The molecule has 1 unspecified atom stereocenters. The van der Waals surface area contributed by atoms with Gasteiger partial charge in [0.25, 0.3) is 0 Å². The molecular weight excluding hydrogens is 254 g/mol. The van der Waals surface area contributed by atoms with Crippen LogP contribution in [0.1, 0.15) is 6.92 Å². The molecule has 0 spiro atoms. The maximum absolute atomic E-state index is 5.21. The third kappa shape index (κ3) is 7.08. The largest absolute Gasteiger partial charge is 0.383 e. The van der Waals surface area contributed by atoms with Gasteiger partial charge in [-0.1, -0.05) is 0 Å². The lowest BCUT2D eigenvalue weighted by Crippen LogP contribution is -2.45. The number of rotatable bonds is 6. The van der Waals surface area contributed by atoms with Crippen molar-refractivity contribution in [2.75, 3.05) is 51.4 Å². The Morgan fingerprint density at radius 2 is 2.18 bits per heavy atom. The van der Waals surface area contributed by atoms with E-state index in [1.807, 2.05) is 11.8 Å². The van der Waals surface area contributed by atoms with Crippen molar-refractivity contribution < 1.29 is 4.74 Å². The lowest BCUT2D eigenvalue weighted by molar-refractivity contribution is 0.179. The highest BCUT2D eigenvalue weighted by atomic mass is 32.2. The standard InChI is InChI=1S/C11H23N3OS2/c1-10(9-15-2)13-11(16)12-3-4-14-5-7-17-8-6-14/h10H,3-9H2,1-2H3,(H2,12,13,16). The average molecular weight is 277 g/mol. The van der Waals surface area contributed by atoms with E-state index in [0.29, 0.717) is 6.61 Å². The van der Waals surface area contributed by atoms with Gasteiger partial charge < -0.3 is 15.4 Å². The fourth-order valence-corrected chi connectivity index (χ4v) is 3.00. The number of nitrogens with zero attached hydrogens (tertiary/aromatic N) is 1. The molecule has 1 aliphatic rings. The van der Waals surface area contributed by atoms with Crippen LogP contribution >= 0.6 is 24.0 Å². The molecule has 1 rings (SSSR count). The van der Waals surface area contributed by atoms with Crippen LogP contribution < -0.4 is 10.6 Å². The summed E-state index contributed by atoms with van der Waals surface area (Å²) in [6.07, 6.45) is 0. The Morgan fingerprint density at radius 1 is 1.47 bits per heavy atom. The molecule has 1 atom stereocenters. The maximum Gasteiger partial charge on any atom is 0.166 e. The summed E-state index contributed by atoms with van der Waals surface area (Å²) < 4.78 is 5.04. The first kappa shape index (κ1) is 15.0. The smallest absolute Gasteiger partial charge is 0.166 e. The molecule has 17 heavy (non-hydrogen) atoms. The predicted octanol–water partition coefficient (Wildman–Crippen LogP) is 0.534. The molecule has 0 aromatic rings. The van der Waals surface area contributed by atoms with Crippen molar-refractivity contribution in [3.05, 3.63) is 0 Å². The Balaban J connectivity index is 2.03. The Hall–Kier alpha value is -0.0400. The van der Waals surface area contributed by atoms with Gasteiger partial charge in [-0.25, -0.2) is 0 Å². The van der Waals surface area contributed by atoms with Gasteiger partial charge in [0, 0.05) is 50.8 Å². The molecule has 0 bridgehead atoms. The van der Waals surface area contributed by atoms with E-state index in [2.05, 4.69) is 22.5 Å². The fraction of sp³-hybridized carbons (Fsp3) is 0.909. The lowest BCUT2D eigenvalue weighted by atomic mass is 10.4. The predicted molar refractivity (Wildman–Crippen MR) is 78.8 cm³/mol. The van der Waals surface area contributed by atoms with Gasteiger partial charge in [0.15, 0.2) is 5.11 Å². The molecule has 0 amide bonds. The summed E-state index contributed by atoms with van der Waals surface area (Å²) in [5.41, 5.74) is 0. The van der Waals surface area contributed by atoms with E-state index >= 15 is 0 Å². The van der Waals surface area contributed by atoms with Crippen molar-refractivity contribution in [2.45, 2.75) is 13.0 Å². The second-order valence-corrected chi connectivity index (χ2v) is 5.84. The summed E-state index contributed by atoms with van der Waals surface area (Å²) in [6.45, 7) is 7.11. The highest BCUT2D eigenvalue weighted by Gasteiger charge is 2.09. The van der Waals surface area contributed by atoms with Crippen LogP contribution in [0.2, 0.25) is 0 Å². The second-order valence-electron chi connectivity index (χ2n) is 4.21. The molecule has 2 N–H and O–H groups in total. The Bertz CT molecular complexity index is 223. The van der Waals surface area contributed by atoms with Crippen molar-refractivity contribution >= 4 is 29.1 Å². The molecule has 100 valence electrons. The Morgan fingerprint density at radius 3 is 2.82 bits per heavy atom. The van der Waals surface area contributed by atoms with Gasteiger partial charge in [0.05, 0.1) is 6.61 Å². The van der Waals surface area contributed by atoms with Gasteiger partial charge in [0.2, 0.25) is 0 Å². The minimum atomic E-state index is 0.256. The number of methoxy groups -OCH3 is 1. The van der Waals surface area contributed by atoms with Crippen molar-refractivity contribution in [3.63, 3.8) is 0 Å². The van der Waals surface area contributed by atoms with E-state index in [1.165, 1.54) is 24.6 Å². The van der Waals surface area contributed by atoms with Crippen molar-refractivity contribution in [1.82, 2.24) is 15.5 Å². The first-order valence-electron chi connectivity index (χ1n) is 6.05. The zero-order chi connectivity index (χ0) is 12.5. The average Bonchev–Trinajstić information content (AvgIpc) is 2.30. The van der Waals surface area contributed by atoms with E-state index in [1.54, 1.807) is 7.11 Å². The molecule has 1 saturated heterocycles. The van der Waals surface area contributed by atoms with Gasteiger partial charge in [-0.15, -0.1) is 0 Å². The normalized spacial score (nSPS) is 18.7. The van der Waals surface area contributed by atoms with Gasteiger partial charge in [-0.2, -0.15) is 11.8 Å². The van der Waals surface area contributed by atoms with E-state index in [-0.39, 0.29) is 6.04 Å². The quantitative estimate of drug-likeness (QED) is 0.690. The van der Waals surface area contributed by atoms with Crippen LogP contribution in [0.25, 0.3) is 0 Å². The topological polar surface area (TPSA) is 36.5 Å². The Labute approximate surface area is 114 Å². The van der Waals surface area contributed by atoms with Crippen LogP contribution in [0.4, 0.5) is 0 Å². The third-order valence-electron chi connectivity index (χ3n) is 2.61. The zero-order valence-corrected chi connectivity index (χ0v) is 12.3. The zero-order valence-electron chi connectivity index (χ0n) is 10.7. The van der Waals surface area contributed by atoms with E-state index in [9.17, 15) is 0 Å². The fourth-order valence-electron chi connectivity index (χ4n) is 1.72. The molecule has 0 saturated carbocycles. The summed E-state index contributed by atoms with van der Waals surface area (Å²) in [4.78, 5) is 2.48. The van der Waals surface area contributed by atoms with Gasteiger partial charge in [-0.05, 0) is 19.1 Å². The summed E-state index contributed by atoms with van der Waals surface area (Å²) >= 11 is 7.25. The molecular formula is C11H23N3OS2. The molecule has 1 heterocycles. The lowest BCUT2D eigenvalue weighted by Gasteiger charge is -2.26. The molecule has 0 aromatic heterocycles. The maximum atomic E-state index is 5.21. The SMILES string of the molecule is COCC(C)NC(=S)NCCN1CCSCC1. The number of hydrogen-bond donors (Lipinski definition) is 2. The monoisotopic (exact) mass is 277 g/mol. The van der Waals surface area contributed by atoms with Crippen LogP contribution in [0, 0.1) is 0 Å². The molecule has 1 fully saturated rings. The van der Waals surface area contributed by atoms with Crippen LogP contribution in [-0.2, 0) is 4.74 Å². The number of hydrogen-bond acceptors (Lipinski definition) is 4. The summed E-state index contributed by atoms with van der Waals surface area (Å²) in [6, 6.07) is 0.256. The highest BCUT2D eigenvalue weighted by Crippen LogP contribution is 2.07. The van der Waals surface area contributed by atoms with Crippen molar-refractivity contribution in [1.29, 1.82) is 0 Å². The van der Waals surface area contributed by atoms with Gasteiger partial charge in [-0.3, -0.25) is 4.90 Å². The summed E-state index contributed by atoms with van der Waals surface area (Å²) in [7, 11) is 1.70. The van der Waals surface area contributed by atoms with Crippen LogP contribution in [0.15, 0.2) is 0 Å². The van der Waals surface area contributed by atoms with Crippen LogP contribution in [0.5, 0.6) is 0 Å². The number of ether oxygens (including phenoxy) is 1. The Kier molecular flexibility index (Phi) is 7.92. The molecule has 0 aliphatic carbocycles. The van der Waals surface area contributed by atoms with Gasteiger partial charge in [0.1, 0.15) is 0 Å². The van der Waals surface area contributed by atoms with Crippen molar-refractivity contribution in [3.8, 4) is 0 Å². The summed E-state index contributed by atoms with van der Waals surface area (Å²) in [5, 5.41) is 7.15. The van der Waals surface area contributed by atoms with E-state index < -0.39 is 0 Å². The van der Waals surface area contributed by atoms with Crippen molar-refractivity contribution in [2.24, 2.45) is 0 Å². The van der Waals surface area contributed by atoms with E-state index in [4.69, 9.17) is 17.0 Å². The van der Waals surface area contributed by atoms with E-state index in [0.717, 1.165) is 18.2 Å². The number of nitrogens with one attached hydrogen (secondary N) is 2. The van der Waals surface area contributed by atoms with Gasteiger partial charge >= 0.3 is 0 Å². The van der Waals surface area contributed by atoms with Crippen LogP contribution in [-0.4, -0.2) is 67.5 Å². The molecule has 0 radical (unpaired) electrons. The minimum absolute atomic E-state index is 0.256.